The smallest absolute Gasteiger partial charge is 0.132 e. The SMILES string of the molecule is CNc1cccc(Nc2ccc(OC)c(C)c2)n1. The third-order valence-electron chi connectivity index (χ3n) is 2.67. The maximum atomic E-state index is 5.23. The summed E-state index contributed by atoms with van der Waals surface area (Å²) < 4.78 is 5.23. The highest BCUT2D eigenvalue weighted by atomic mass is 16.5. The molecule has 1 aromatic heterocycles. The minimum Gasteiger partial charge on any atom is -0.496 e. The van der Waals surface area contributed by atoms with E-state index in [-0.39, 0.29) is 0 Å². The van der Waals surface area contributed by atoms with Gasteiger partial charge < -0.3 is 15.4 Å². The molecule has 0 spiro atoms. The summed E-state index contributed by atoms with van der Waals surface area (Å²) in [5.41, 5.74) is 2.08. The Balaban J connectivity index is 2.20. The van der Waals surface area contributed by atoms with E-state index in [9.17, 15) is 0 Å². The summed E-state index contributed by atoms with van der Waals surface area (Å²) in [4.78, 5) is 4.41. The first-order valence-corrected chi connectivity index (χ1v) is 5.79. The van der Waals surface area contributed by atoms with Crippen LogP contribution < -0.4 is 15.4 Å². The second-order valence-corrected chi connectivity index (χ2v) is 3.97. The molecule has 0 unspecified atom stereocenters. The normalized spacial score (nSPS) is 9.94. The highest BCUT2D eigenvalue weighted by Crippen LogP contribution is 2.23. The number of aryl methyl sites for hydroxylation is 1. The Labute approximate surface area is 107 Å². The van der Waals surface area contributed by atoms with E-state index in [0.29, 0.717) is 0 Å². The molecule has 1 aromatic carbocycles. The van der Waals surface area contributed by atoms with Crippen LogP contribution in [0.5, 0.6) is 5.75 Å². The summed E-state index contributed by atoms with van der Waals surface area (Å²) >= 11 is 0. The van der Waals surface area contributed by atoms with Crippen molar-refractivity contribution in [2.45, 2.75) is 6.92 Å². The van der Waals surface area contributed by atoms with Gasteiger partial charge in [0.1, 0.15) is 17.4 Å². The van der Waals surface area contributed by atoms with E-state index in [0.717, 1.165) is 28.6 Å². The van der Waals surface area contributed by atoms with Gasteiger partial charge in [-0.05, 0) is 42.8 Å². The lowest BCUT2D eigenvalue weighted by Gasteiger charge is -2.10. The molecule has 0 saturated heterocycles. The van der Waals surface area contributed by atoms with E-state index in [2.05, 4.69) is 15.6 Å². The average molecular weight is 243 g/mol. The number of hydrogen-bond acceptors (Lipinski definition) is 4. The summed E-state index contributed by atoms with van der Waals surface area (Å²) in [7, 11) is 3.52. The lowest BCUT2D eigenvalue weighted by molar-refractivity contribution is 0.412. The molecule has 4 nitrogen and oxygen atoms in total. The average Bonchev–Trinajstić information content (AvgIpc) is 2.39. The highest BCUT2D eigenvalue weighted by molar-refractivity contribution is 5.60. The molecule has 2 rings (SSSR count). The Morgan fingerprint density at radius 1 is 1.11 bits per heavy atom. The van der Waals surface area contributed by atoms with Crippen molar-refractivity contribution in [2.75, 3.05) is 24.8 Å². The molecule has 94 valence electrons. The number of pyridine rings is 1. The standard InChI is InChI=1S/C14H17N3O/c1-10-9-11(7-8-12(10)18-3)16-14-6-4-5-13(15-2)17-14/h4-9H,1-3H3,(H2,15,16,17). The first-order chi connectivity index (χ1) is 8.72. The van der Waals surface area contributed by atoms with Crippen molar-refractivity contribution < 1.29 is 4.74 Å². The summed E-state index contributed by atoms with van der Waals surface area (Å²) in [5, 5.41) is 6.28. The number of ether oxygens (including phenoxy) is 1. The van der Waals surface area contributed by atoms with Crippen molar-refractivity contribution in [3.05, 3.63) is 42.0 Å². The summed E-state index contributed by atoms with van der Waals surface area (Å²) in [6, 6.07) is 11.8. The topological polar surface area (TPSA) is 46.2 Å². The van der Waals surface area contributed by atoms with Crippen LogP contribution in [0.25, 0.3) is 0 Å². The quantitative estimate of drug-likeness (QED) is 0.865. The zero-order valence-electron chi connectivity index (χ0n) is 10.8. The Morgan fingerprint density at radius 2 is 1.89 bits per heavy atom. The van der Waals surface area contributed by atoms with Gasteiger partial charge in [0.25, 0.3) is 0 Å². The van der Waals surface area contributed by atoms with Crippen LogP contribution in [0.3, 0.4) is 0 Å². The van der Waals surface area contributed by atoms with Crippen molar-refractivity contribution >= 4 is 17.3 Å². The summed E-state index contributed by atoms with van der Waals surface area (Å²) in [6.45, 7) is 2.02. The Bertz CT molecular complexity index is 540. The van der Waals surface area contributed by atoms with Crippen LogP contribution in [-0.2, 0) is 0 Å². The van der Waals surface area contributed by atoms with E-state index in [1.807, 2.05) is 50.4 Å². The van der Waals surface area contributed by atoms with Crippen molar-refractivity contribution in [1.82, 2.24) is 4.98 Å². The largest absolute Gasteiger partial charge is 0.496 e. The second-order valence-electron chi connectivity index (χ2n) is 3.97. The molecular weight excluding hydrogens is 226 g/mol. The third-order valence-corrected chi connectivity index (χ3v) is 2.67. The van der Waals surface area contributed by atoms with E-state index < -0.39 is 0 Å². The number of methoxy groups -OCH3 is 1. The van der Waals surface area contributed by atoms with Crippen LogP contribution in [0.15, 0.2) is 36.4 Å². The third kappa shape index (κ3) is 2.71. The zero-order chi connectivity index (χ0) is 13.0. The minimum absolute atomic E-state index is 0.811. The molecule has 0 fully saturated rings. The number of benzene rings is 1. The van der Waals surface area contributed by atoms with Crippen molar-refractivity contribution in [1.29, 1.82) is 0 Å². The fraction of sp³-hybridized carbons (Fsp3) is 0.214. The summed E-state index contributed by atoms with van der Waals surface area (Å²) in [5.74, 6) is 2.54. The molecule has 0 aliphatic rings. The van der Waals surface area contributed by atoms with E-state index in [1.54, 1.807) is 7.11 Å². The van der Waals surface area contributed by atoms with Gasteiger partial charge in [0.2, 0.25) is 0 Å². The molecule has 0 bridgehead atoms. The number of nitrogens with zero attached hydrogens (tertiary/aromatic N) is 1. The van der Waals surface area contributed by atoms with Gasteiger partial charge >= 0.3 is 0 Å². The highest BCUT2D eigenvalue weighted by Gasteiger charge is 2.01. The van der Waals surface area contributed by atoms with Gasteiger partial charge in [-0.25, -0.2) is 4.98 Å². The first-order valence-electron chi connectivity index (χ1n) is 5.79. The monoisotopic (exact) mass is 243 g/mol. The molecule has 0 saturated carbocycles. The molecule has 2 N–H and O–H groups in total. The van der Waals surface area contributed by atoms with Crippen LogP contribution in [0, 0.1) is 6.92 Å². The predicted molar refractivity (Wildman–Crippen MR) is 74.8 cm³/mol. The van der Waals surface area contributed by atoms with E-state index in [4.69, 9.17) is 4.74 Å². The maximum absolute atomic E-state index is 5.23. The van der Waals surface area contributed by atoms with Gasteiger partial charge in [-0.2, -0.15) is 0 Å². The van der Waals surface area contributed by atoms with Gasteiger partial charge in [0, 0.05) is 12.7 Å². The van der Waals surface area contributed by atoms with Crippen molar-refractivity contribution in [3.63, 3.8) is 0 Å². The fourth-order valence-corrected chi connectivity index (χ4v) is 1.75. The van der Waals surface area contributed by atoms with Gasteiger partial charge in [-0.3, -0.25) is 0 Å². The first kappa shape index (κ1) is 12.2. The van der Waals surface area contributed by atoms with Crippen LogP contribution in [0.1, 0.15) is 5.56 Å². The molecule has 0 atom stereocenters. The second kappa shape index (κ2) is 5.40. The zero-order valence-corrected chi connectivity index (χ0v) is 10.8. The van der Waals surface area contributed by atoms with Crippen molar-refractivity contribution in [3.8, 4) is 5.75 Å². The van der Waals surface area contributed by atoms with Crippen LogP contribution in [0.2, 0.25) is 0 Å². The number of rotatable bonds is 4. The lowest BCUT2D eigenvalue weighted by Crippen LogP contribution is -1.98. The molecule has 1 heterocycles. The van der Waals surface area contributed by atoms with Crippen LogP contribution >= 0.6 is 0 Å². The summed E-state index contributed by atoms with van der Waals surface area (Å²) in [6.07, 6.45) is 0. The lowest BCUT2D eigenvalue weighted by atomic mass is 10.2. The van der Waals surface area contributed by atoms with E-state index >= 15 is 0 Å². The van der Waals surface area contributed by atoms with Gasteiger partial charge in [-0.15, -0.1) is 0 Å². The van der Waals surface area contributed by atoms with Gasteiger partial charge in [-0.1, -0.05) is 6.07 Å². The molecule has 0 aliphatic carbocycles. The molecular formula is C14H17N3O. The number of anilines is 3. The van der Waals surface area contributed by atoms with Crippen LogP contribution in [0.4, 0.5) is 17.3 Å². The predicted octanol–water partition coefficient (Wildman–Crippen LogP) is 3.18. The molecule has 4 heteroatoms. The minimum atomic E-state index is 0.811. The van der Waals surface area contributed by atoms with Crippen molar-refractivity contribution in [2.24, 2.45) is 0 Å². The Morgan fingerprint density at radius 3 is 2.56 bits per heavy atom. The number of nitrogens with one attached hydrogen (secondary N) is 2. The Kier molecular flexibility index (Phi) is 3.67. The fourth-order valence-electron chi connectivity index (χ4n) is 1.75. The molecule has 0 radical (unpaired) electrons. The Hall–Kier alpha value is -2.23. The molecule has 2 aromatic rings. The number of hydrogen-bond donors (Lipinski definition) is 2. The molecule has 18 heavy (non-hydrogen) atoms. The van der Waals surface area contributed by atoms with E-state index in [1.165, 1.54) is 0 Å². The molecule has 0 amide bonds. The van der Waals surface area contributed by atoms with Gasteiger partial charge in [0.05, 0.1) is 7.11 Å². The maximum Gasteiger partial charge on any atom is 0.132 e. The van der Waals surface area contributed by atoms with Gasteiger partial charge in [0.15, 0.2) is 0 Å². The molecule has 0 aliphatic heterocycles. The number of aromatic nitrogens is 1. The van der Waals surface area contributed by atoms with Crippen LogP contribution in [-0.4, -0.2) is 19.1 Å².